The number of oxime groups is 1. The van der Waals surface area contributed by atoms with Crippen molar-refractivity contribution in [3.63, 3.8) is 0 Å². The van der Waals surface area contributed by atoms with Crippen LogP contribution in [-0.2, 0) is 0 Å². The fourth-order valence-corrected chi connectivity index (χ4v) is 3.10. The second kappa shape index (κ2) is 6.33. The highest BCUT2D eigenvalue weighted by molar-refractivity contribution is 6.34. The molecule has 2 unspecified atom stereocenters. The highest BCUT2D eigenvalue weighted by Gasteiger charge is 2.28. The molecule has 1 aromatic rings. The van der Waals surface area contributed by atoms with E-state index in [0.717, 1.165) is 31.4 Å². The van der Waals surface area contributed by atoms with E-state index in [4.69, 9.17) is 22.5 Å². The molecule has 0 saturated heterocycles. The molecule has 1 aliphatic carbocycles. The molecule has 5 nitrogen and oxygen atoms in total. The molecule has 2 rings (SSSR count). The van der Waals surface area contributed by atoms with Crippen LogP contribution in [0.3, 0.4) is 0 Å². The number of hydrogen-bond donors (Lipinski definition) is 3. The fraction of sp³-hybridized carbons (Fsp3) is 0.500. The van der Waals surface area contributed by atoms with Gasteiger partial charge < -0.3 is 20.9 Å². The Morgan fingerprint density at radius 3 is 2.75 bits per heavy atom. The van der Waals surface area contributed by atoms with Crippen LogP contribution in [0.15, 0.2) is 23.4 Å². The summed E-state index contributed by atoms with van der Waals surface area (Å²) in [4.78, 5) is 1.98. The molecular weight excluding hydrogens is 278 g/mol. The Balaban J connectivity index is 2.39. The Labute approximate surface area is 123 Å². The number of aliphatic hydroxyl groups excluding tert-OH is 1. The third-order valence-corrected chi connectivity index (χ3v) is 4.24. The molecule has 1 aromatic carbocycles. The molecule has 2 atom stereocenters. The normalized spacial score (nSPS) is 23.6. The van der Waals surface area contributed by atoms with Crippen LogP contribution in [0.25, 0.3) is 0 Å². The molecular formula is C14H20ClN3O2. The minimum atomic E-state index is -0.368. The van der Waals surface area contributed by atoms with Gasteiger partial charge in [-0.1, -0.05) is 35.7 Å². The van der Waals surface area contributed by atoms with Gasteiger partial charge in [0.05, 0.1) is 22.7 Å². The minimum absolute atomic E-state index is 0.0208. The Kier molecular flexibility index (Phi) is 4.73. The zero-order valence-electron chi connectivity index (χ0n) is 11.5. The molecule has 0 heterocycles. The van der Waals surface area contributed by atoms with Gasteiger partial charge in [0.25, 0.3) is 0 Å². The largest absolute Gasteiger partial charge is 0.409 e. The van der Waals surface area contributed by atoms with Gasteiger partial charge in [-0.05, 0) is 25.0 Å². The summed E-state index contributed by atoms with van der Waals surface area (Å²) in [7, 11) is 1.90. The minimum Gasteiger partial charge on any atom is -0.409 e. The van der Waals surface area contributed by atoms with Gasteiger partial charge >= 0.3 is 0 Å². The first-order chi connectivity index (χ1) is 9.56. The first-order valence-electron chi connectivity index (χ1n) is 6.73. The Bertz CT molecular complexity index is 507. The maximum absolute atomic E-state index is 10.2. The monoisotopic (exact) mass is 297 g/mol. The van der Waals surface area contributed by atoms with Crippen molar-refractivity contribution in [2.24, 2.45) is 10.9 Å². The molecule has 20 heavy (non-hydrogen) atoms. The molecule has 0 bridgehead atoms. The van der Waals surface area contributed by atoms with Crippen LogP contribution in [0.1, 0.15) is 31.2 Å². The second-order valence-electron chi connectivity index (χ2n) is 5.15. The topological polar surface area (TPSA) is 82.1 Å². The average Bonchev–Trinajstić information content (AvgIpc) is 2.46. The Morgan fingerprint density at radius 1 is 1.40 bits per heavy atom. The number of likely N-dealkylation sites (N-methyl/N-ethyl adjacent to an activating group) is 1. The molecule has 1 saturated carbocycles. The number of anilines is 1. The number of rotatable bonds is 3. The predicted molar refractivity (Wildman–Crippen MR) is 80.6 cm³/mol. The van der Waals surface area contributed by atoms with Crippen molar-refractivity contribution in [1.29, 1.82) is 0 Å². The molecule has 0 amide bonds. The first-order valence-corrected chi connectivity index (χ1v) is 7.11. The zero-order chi connectivity index (χ0) is 14.7. The highest BCUT2D eigenvalue weighted by atomic mass is 35.5. The molecule has 0 aliphatic heterocycles. The third-order valence-electron chi connectivity index (χ3n) is 3.93. The molecule has 0 aromatic heterocycles. The van der Waals surface area contributed by atoms with E-state index in [0.29, 0.717) is 10.6 Å². The molecule has 6 heteroatoms. The van der Waals surface area contributed by atoms with Crippen LogP contribution < -0.4 is 10.6 Å². The van der Waals surface area contributed by atoms with Crippen LogP contribution >= 0.6 is 11.6 Å². The number of nitrogens with two attached hydrogens (primary N) is 1. The van der Waals surface area contributed by atoms with E-state index in [1.165, 1.54) is 0 Å². The number of aliphatic hydroxyl groups is 1. The summed E-state index contributed by atoms with van der Waals surface area (Å²) >= 11 is 6.16. The summed E-state index contributed by atoms with van der Waals surface area (Å²) in [6, 6.07) is 5.40. The van der Waals surface area contributed by atoms with Crippen molar-refractivity contribution in [2.75, 3.05) is 11.9 Å². The predicted octanol–water partition coefficient (Wildman–Crippen LogP) is 2.17. The summed E-state index contributed by atoms with van der Waals surface area (Å²) < 4.78 is 0. The third kappa shape index (κ3) is 2.83. The lowest BCUT2D eigenvalue weighted by Gasteiger charge is -2.37. The zero-order valence-corrected chi connectivity index (χ0v) is 12.2. The van der Waals surface area contributed by atoms with E-state index >= 15 is 0 Å². The van der Waals surface area contributed by atoms with E-state index in [9.17, 15) is 5.11 Å². The average molecular weight is 298 g/mol. The standard InChI is InChI=1S/C14H20ClN3O2/c1-18(10-6-2-3-8-12(10)19)11-7-4-5-9(15)13(11)14(16)17-20/h4-5,7,10,12,19-20H,2-3,6,8H2,1H3,(H2,16,17). The van der Waals surface area contributed by atoms with Crippen LogP contribution in [0, 0.1) is 0 Å². The number of halogens is 1. The molecule has 1 aliphatic rings. The van der Waals surface area contributed by atoms with E-state index in [1.54, 1.807) is 6.07 Å². The van der Waals surface area contributed by atoms with Gasteiger partial charge in [0.1, 0.15) is 0 Å². The summed E-state index contributed by atoms with van der Waals surface area (Å²) in [5, 5.41) is 22.6. The lowest BCUT2D eigenvalue weighted by molar-refractivity contribution is 0.106. The molecule has 1 fully saturated rings. The highest BCUT2D eigenvalue weighted by Crippen LogP contribution is 2.32. The molecule has 110 valence electrons. The van der Waals surface area contributed by atoms with Crippen molar-refractivity contribution in [1.82, 2.24) is 0 Å². The first kappa shape index (κ1) is 14.9. The lowest BCUT2D eigenvalue weighted by atomic mass is 9.91. The van der Waals surface area contributed by atoms with Crippen molar-refractivity contribution in [3.05, 3.63) is 28.8 Å². The van der Waals surface area contributed by atoms with Gasteiger partial charge in [-0.3, -0.25) is 0 Å². The number of benzene rings is 1. The quantitative estimate of drug-likeness (QED) is 0.346. The van der Waals surface area contributed by atoms with Crippen LogP contribution in [0.5, 0.6) is 0 Å². The number of hydrogen-bond acceptors (Lipinski definition) is 4. The van der Waals surface area contributed by atoms with Gasteiger partial charge in [-0.2, -0.15) is 0 Å². The van der Waals surface area contributed by atoms with Crippen LogP contribution in [0.4, 0.5) is 5.69 Å². The van der Waals surface area contributed by atoms with E-state index in [2.05, 4.69) is 5.16 Å². The molecule has 0 spiro atoms. The van der Waals surface area contributed by atoms with Crippen LogP contribution in [-0.4, -0.2) is 35.3 Å². The smallest absolute Gasteiger partial charge is 0.173 e. The maximum atomic E-state index is 10.2. The number of nitrogens with zero attached hydrogens (tertiary/aromatic N) is 2. The lowest BCUT2D eigenvalue weighted by Crippen LogP contribution is -2.44. The Morgan fingerprint density at radius 2 is 2.10 bits per heavy atom. The fourth-order valence-electron chi connectivity index (χ4n) is 2.83. The summed E-state index contributed by atoms with van der Waals surface area (Å²) in [5.41, 5.74) is 6.98. The summed E-state index contributed by atoms with van der Waals surface area (Å²) in [6.45, 7) is 0. The molecule has 0 radical (unpaired) electrons. The van der Waals surface area contributed by atoms with Crippen LogP contribution in [0.2, 0.25) is 5.02 Å². The van der Waals surface area contributed by atoms with Crippen molar-refractivity contribution in [2.45, 2.75) is 37.8 Å². The summed E-state index contributed by atoms with van der Waals surface area (Å²) in [5.74, 6) is -0.0252. The Hall–Kier alpha value is -1.46. The maximum Gasteiger partial charge on any atom is 0.173 e. The van der Waals surface area contributed by atoms with Gasteiger partial charge in [0.15, 0.2) is 5.84 Å². The van der Waals surface area contributed by atoms with Crippen molar-refractivity contribution in [3.8, 4) is 0 Å². The van der Waals surface area contributed by atoms with Crippen molar-refractivity contribution >= 4 is 23.1 Å². The van der Waals surface area contributed by atoms with E-state index in [1.807, 2.05) is 24.1 Å². The summed E-state index contributed by atoms with van der Waals surface area (Å²) in [6.07, 6.45) is 3.49. The van der Waals surface area contributed by atoms with Gasteiger partial charge in [-0.15, -0.1) is 0 Å². The number of amidine groups is 1. The van der Waals surface area contributed by atoms with Gasteiger partial charge in [0.2, 0.25) is 0 Å². The van der Waals surface area contributed by atoms with E-state index in [-0.39, 0.29) is 18.0 Å². The van der Waals surface area contributed by atoms with E-state index < -0.39 is 0 Å². The molecule has 4 N–H and O–H groups in total. The SMILES string of the molecule is CN(c1cccc(Cl)c1/C(N)=N/O)C1CCCCC1O. The van der Waals surface area contributed by atoms with Gasteiger partial charge in [0, 0.05) is 12.7 Å². The van der Waals surface area contributed by atoms with Crippen molar-refractivity contribution < 1.29 is 10.3 Å². The second-order valence-corrected chi connectivity index (χ2v) is 5.56. The van der Waals surface area contributed by atoms with Gasteiger partial charge in [-0.25, -0.2) is 0 Å².